The number of carbonyl (C=O) groups excluding carboxylic acids is 3. The molecule has 1 unspecified atom stereocenters. The molecule has 3 aliphatic rings. The van der Waals surface area contributed by atoms with Crippen molar-refractivity contribution in [1.82, 2.24) is 4.90 Å². The van der Waals surface area contributed by atoms with Crippen LogP contribution in [-0.4, -0.2) is 47.7 Å². The number of methoxy groups -OCH3 is 1. The van der Waals surface area contributed by atoms with Crippen molar-refractivity contribution in [3.63, 3.8) is 0 Å². The molecule has 150 valence electrons. The lowest BCUT2D eigenvalue weighted by Crippen LogP contribution is -2.68. The van der Waals surface area contributed by atoms with Crippen LogP contribution in [0.5, 0.6) is 5.75 Å². The predicted octanol–water partition coefficient (Wildman–Crippen LogP) is 2.94. The summed E-state index contributed by atoms with van der Waals surface area (Å²) in [5.74, 6) is 0.617. The van der Waals surface area contributed by atoms with Crippen molar-refractivity contribution < 1.29 is 19.1 Å². The van der Waals surface area contributed by atoms with Gasteiger partial charge in [-0.2, -0.15) is 0 Å². The Morgan fingerprint density at radius 3 is 2.39 bits per heavy atom. The molecule has 2 amide bonds. The fourth-order valence-electron chi connectivity index (χ4n) is 5.50. The van der Waals surface area contributed by atoms with Crippen LogP contribution in [0.3, 0.4) is 0 Å². The fraction of sp³-hybridized carbons (Fsp3) is 0.591. The number of ketones is 1. The minimum atomic E-state index is -0.495. The van der Waals surface area contributed by atoms with Crippen LogP contribution in [0.4, 0.5) is 5.69 Å². The van der Waals surface area contributed by atoms with Crippen molar-refractivity contribution in [2.45, 2.75) is 64.0 Å². The molecule has 4 rings (SSSR count). The fourth-order valence-corrected chi connectivity index (χ4v) is 5.50. The molecule has 1 aromatic rings. The maximum Gasteiger partial charge on any atom is 0.251 e. The number of imide groups is 1. The highest BCUT2D eigenvalue weighted by Crippen LogP contribution is 2.52. The van der Waals surface area contributed by atoms with E-state index < -0.39 is 11.5 Å². The normalized spacial score (nSPS) is 33.9. The lowest BCUT2D eigenvalue weighted by atomic mass is 9.57. The van der Waals surface area contributed by atoms with Gasteiger partial charge < -0.3 is 4.74 Å². The summed E-state index contributed by atoms with van der Waals surface area (Å²) in [5, 5.41) is 0. The molecule has 0 N–H and O–H groups in total. The summed E-state index contributed by atoms with van der Waals surface area (Å²) in [6.45, 7) is 4.73. The Kier molecular flexibility index (Phi) is 4.57. The molecule has 28 heavy (non-hydrogen) atoms. The Bertz CT molecular complexity index is 820. The van der Waals surface area contributed by atoms with Crippen LogP contribution in [0.1, 0.15) is 52.4 Å². The van der Waals surface area contributed by atoms with E-state index in [9.17, 15) is 14.4 Å². The number of anilines is 1. The second kappa shape index (κ2) is 6.69. The zero-order valence-electron chi connectivity index (χ0n) is 16.9. The van der Waals surface area contributed by atoms with Crippen LogP contribution in [0.2, 0.25) is 0 Å². The smallest absolute Gasteiger partial charge is 0.251 e. The summed E-state index contributed by atoms with van der Waals surface area (Å²) >= 11 is 0. The molecule has 0 aromatic heterocycles. The van der Waals surface area contributed by atoms with E-state index in [0.29, 0.717) is 30.2 Å². The molecular formula is C22H28N2O4. The monoisotopic (exact) mass is 384 g/mol. The maximum atomic E-state index is 13.3. The Balaban J connectivity index is 1.65. The van der Waals surface area contributed by atoms with Gasteiger partial charge >= 0.3 is 0 Å². The average Bonchev–Trinajstić information content (AvgIpc) is 2.97. The number of hydrogen-bond acceptors (Lipinski definition) is 5. The molecule has 0 bridgehead atoms. The molecule has 1 aliphatic carbocycles. The topological polar surface area (TPSA) is 66.9 Å². The number of piperidine rings is 1. The molecule has 2 heterocycles. The highest BCUT2D eigenvalue weighted by Gasteiger charge is 2.60. The van der Waals surface area contributed by atoms with Crippen LogP contribution in [0.25, 0.3) is 0 Å². The molecule has 1 saturated carbocycles. The SMILES string of the molecule is COc1ccc(N2C(=O)CC(N3CCC(=O)[C@@]4(C)CCCC[C@]34C)C2=O)cc1. The van der Waals surface area contributed by atoms with Gasteiger partial charge in [-0.3, -0.25) is 19.3 Å². The highest BCUT2D eigenvalue weighted by molar-refractivity contribution is 6.22. The zero-order chi connectivity index (χ0) is 20.1. The molecule has 6 nitrogen and oxygen atoms in total. The largest absolute Gasteiger partial charge is 0.497 e. The highest BCUT2D eigenvalue weighted by atomic mass is 16.5. The van der Waals surface area contributed by atoms with E-state index in [0.717, 1.165) is 25.7 Å². The van der Waals surface area contributed by atoms with Gasteiger partial charge in [-0.05, 0) is 44.0 Å². The summed E-state index contributed by atoms with van der Waals surface area (Å²) in [7, 11) is 1.58. The molecule has 1 aromatic carbocycles. The van der Waals surface area contributed by atoms with Gasteiger partial charge in [0, 0.05) is 23.9 Å². The van der Waals surface area contributed by atoms with Gasteiger partial charge in [-0.1, -0.05) is 19.8 Å². The molecular weight excluding hydrogens is 356 g/mol. The number of carbonyl (C=O) groups is 3. The van der Waals surface area contributed by atoms with Crippen molar-refractivity contribution >= 4 is 23.3 Å². The van der Waals surface area contributed by atoms with Gasteiger partial charge in [-0.25, -0.2) is 4.90 Å². The molecule has 3 fully saturated rings. The minimum Gasteiger partial charge on any atom is -0.497 e. The van der Waals surface area contributed by atoms with Crippen LogP contribution in [0, 0.1) is 5.41 Å². The first kappa shape index (κ1) is 19.1. The third-order valence-corrected chi connectivity index (χ3v) is 7.44. The molecule has 0 radical (unpaired) electrons. The van der Waals surface area contributed by atoms with Gasteiger partial charge in [-0.15, -0.1) is 0 Å². The summed E-state index contributed by atoms with van der Waals surface area (Å²) in [6.07, 6.45) is 4.46. The van der Waals surface area contributed by atoms with E-state index in [-0.39, 0.29) is 23.8 Å². The van der Waals surface area contributed by atoms with Crippen LogP contribution < -0.4 is 9.64 Å². The van der Waals surface area contributed by atoms with Gasteiger partial charge in [0.25, 0.3) is 5.91 Å². The Morgan fingerprint density at radius 1 is 1.04 bits per heavy atom. The van der Waals surface area contributed by atoms with Gasteiger partial charge in [0.2, 0.25) is 5.91 Å². The van der Waals surface area contributed by atoms with E-state index >= 15 is 0 Å². The number of nitrogens with zero attached hydrogens (tertiary/aromatic N) is 2. The third kappa shape index (κ3) is 2.61. The van der Waals surface area contributed by atoms with E-state index in [2.05, 4.69) is 18.7 Å². The van der Waals surface area contributed by atoms with Crippen LogP contribution in [0.15, 0.2) is 24.3 Å². The van der Waals surface area contributed by atoms with Gasteiger partial charge in [0.15, 0.2) is 0 Å². The molecule has 3 atom stereocenters. The standard InChI is InChI=1S/C22H28N2O4/c1-21-11-4-5-12-22(21,2)23(13-10-18(21)25)17-14-19(26)24(20(17)27)15-6-8-16(28-3)9-7-15/h6-9,17H,4-5,10-14H2,1-3H3/t17?,21-,22+/m1/s1. The van der Waals surface area contributed by atoms with Crippen molar-refractivity contribution in [2.24, 2.45) is 5.41 Å². The van der Waals surface area contributed by atoms with E-state index in [4.69, 9.17) is 4.74 Å². The van der Waals surface area contributed by atoms with Crippen molar-refractivity contribution in [3.05, 3.63) is 24.3 Å². The molecule has 2 saturated heterocycles. The number of likely N-dealkylation sites (tertiary alicyclic amines) is 1. The summed E-state index contributed by atoms with van der Waals surface area (Å²) in [4.78, 5) is 42.4. The number of ether oxygens (including phenoxy) is 1. The first-order chi connectivity index (χ1) is 13.3. The second-order valence-corrected chi connectivity index (χ2v) is 8.66. The number of rotatable bonds is 3. The number of Topliss-reactive ketones (excluding diaryl/α,β-unsaturated/α-hetero) is 1. The number of fused-ring (bicyclic) bond motifs is 1. The summed E-state index contributed by atoms with van der Waals surface area (Å²) in [6, 6.07) is 6.49. The lowest BCUT2D eigenvalue weighted by Gasteiger charge is -2.59. The number of hydrogen-bond donors (Lipinski definition) is 0. The average molecular weight is 384 g/mol. The number of amides is 2. The van der Waals surface area contributed by atoms with Crippen molar-refractivity contribution in [3.8, 4) is 5.75 Å². The van der Waals surface area contributed by atoms with Crippen molar-refractivity contribution in [2.75, 3.05) is 18.6 Å². The first-order valence-electron chi connectivity index (χ1n) is 10.1. The molecule has 0 spiro atoms. The number of benzene rings is 1. The Labute approximate surface area is 165 Å². The Morgan fingerprint density at radius 2 is 1.71 bits per heavy atom. The quantitative estimate of drug-likeness (QED) is 0.750. The maximum absolute atomic E-state index is 13.3. The molecule has 6 heteroatoms. The third-order valence-electron chi connectivity index (χ3n) is 7.44. The van der Waals surface area contributed by atoms with E-state index in [1.807, 2.05) is 0 Å². The van der Waals surface area contributed by atoms with Crippen molar-refractivity contribution in [1.29, 1.82) is 0 Å². The summed E-state index contributed by atoms with van der Waals surface area (Å²) in [5.41, 5.74) is -0.250. The predicted molar refractivity (Wildman–Crippen MR) is 105 cm³/mol. The van der Waals surface area contributed by atoms with E-state index in [1.54, 1.807) is 31.4 Å². The van der Waals surface area contributed by atoms with Gasteiger partial charge in [0.1, 0.15) is 11.5 Å². The Hall–Kier alpha value is -2.21. The van der Waals surface area contributed by atoms with Crippen LogP contribution >= 0.6 is 0 Å². The minimum absolute atomic E-state index is 0.171. The second-order valence-electron chi connectivity index (χ2n) is 8.66. The molecule has 2 aliphatic heterocycles. The van der Waals surface area contributed by atoms with E-state index in [1.165, 1.54) is 4.90 Å². The van der Waals surface area contributed by atoms with Crippen LogP contribution in [-0.2, 0) is 14.4 Å². The first-order valence-corrected chi connectivity index (χ1v) is 10.1. The zero-order valence-corrected chi connectivity index (χ0v) is 16.9. The lowest BCUT2D eigenvalue weighted by molar-refractivity contribution is -0.158. The summed E-state index contributed by atoms with van der Waals surface area (Å²) < 4.78 is 5.17. The van der Waals surface area contributed by atoms with Gasteiger partial charge in [0.05, 0.1) is 25.3 Å².